The van der Waals surface area contributed by atoms with Crippen molar-refractivity contribution in [2.24, 2.45) is 0 Å². The second-order valence-electron chi connectivity index (χ2n) is 4.37. The van der Waals surface area contributed by atoms with Crippen LogP contribution >= 0.6 is 159 Å². The molecule has 0 aromatic heterocycles. The lowest BCUT2D eigenvalue weighted by Gasteiger charge is -2.20. The summed E-state index contributed by atoms with van der Waals surface area (Å²) in [5.74, 6) is 0. The summed E-state index contributed by atoms with van der Waals surface area (Å²) in [5, 5.41) is 0. The molecular formula is C14H2Br10. The van der Waals surface area contributed by atoms with Gasteiger partial charge in [0.25, 0.3) is 0 Å². The zero-order valence-corrected chi connectivity index (χ0v) is 26.8. The maximum atomic E-state index is 4.33. The van der Waals surface area contributed by atoms with Crippen LogP contribution in [0.2, 0.25) is 0 Å². The highest BCUT2D eigenvalue weighted by atomic mass is 79.9. The van der Waals surface area contributed by atoms with Crippen LogP contribution in [0.25, 0.3) is 5.57 Å². The van der Waals surface area contributed by atoms with Crippen molar-refractivity contribution in [1.29, 1.82) is 0 Å². The third kappa shape index (κ3) is 4.13. The Morgan fingerprint density at radius 3 is 0.750 bits per heavy atom. The number of hydrogen-bond acceptors (Lipinski definition) is 0. The van der Waals surface area contributed by atoms with Gasteiger partial charge in [-0.3, -0.25) is 0 Å². The fraction of sp³-hybridized carbons (Fsp3) is 0. The van der Waals surface area contributed by atoms with Crippen molar-refractivity contribution in [3.8, 4) is 0 Å². The summed E-state index contributed by atoms with van der Waals surface area (Å²) in [6, 6.07) is 0. The molecule has 0 saturated heterocycles. The molecule has 0 aliphatic carbocycles. The highest BCUT2D eigenvalue weighted by Crippen LogP contribution is 2.52. The van der Waals surface area contributed by atoms with Crippen LogP contribution in [-0.4, -0.2) is 0 Å². The summed E-state index contributed by atoms with van der Waals surface area (Å²) in [5.41, 5.74) is 2.69. The molecule has 0 bridgehead atoms. The molecule has 2 aromatic rings. The molecular weight excluding hydrogens is 967 g/mol. The normalized spacial score (nSPS) is 11.1. The van der Waals surface area contributed by atoms with E-state index in [1.807, 2.05) is 0 Å². The van der Waals surface area contributed by atoms with Gasteiger partial charge in [0, 0.05) is 55.9 Å². The van der Waals surface area contributed by atoms with E-state index in [1.54, 1.807) is 0 Å². The first kappa shape index (κ1) is 23.3. The van der Waals surface area contributed by atoms with Gasteiger partial charge in [-0.25, -0.2) is 0 Å². The smallest absolute Gasteiger partial charge is 0.0482 e. The lowest BCUT2D eigenvalue weighted by atomic mass is 10.00. The van der Waals surface area contributed by atoms with Crippen LogP contribution in [0.1, 0.15) is 11.1 Å². The Morgan fingerprint density at radius 2 is 0.542 bits per heavy atom. The van der Waals surface area contributed by atoms with E-state index in [1.165, 1.54) is 0 Å². The van der Waals surface area contributed by atoms with Gasteiger partial charge in [0.2, 0.25) is 0 Å². The minimum Gasteiger partial charge on any atom is -0.0904 e. The van der Waals surface area contributed by atoms with Gasteiger partial charge in [-0.05, 0) is 165 Å². The molecule has 0 N–H and O–H groups in total. The summed E-state index contributed by atoms with van der Waals surface area (Å²) in [7, 11) is 0. The summed E-state index contributed by atoms with van der Waals surface area (Å²) in [6.45, 7) is 4.33. The molecule has 0 nitrogen and oxygen atoms in total. The molecule has 0 aliphatic heterocycles. The van der Waals surface area contributed by atoms with Crippen molar-refractivity contribution in [1.82, 2.24) is 0 Å². The molecule has 128 valence electrons. The number of benzene rings is 2. The molecule has 0 atom stereocenters. The third-order valence-corrected chi connectivity index (χ3v) is 15.2. The molecule has 0 spiro atoms. The lowest BCUT2D eigenvalue weighted by Crippen LogP contribution is -1.97. The van der Waals surface area contributed by atoms with Gasteiger partial charge in [0.15, 0.2) is 0 Å². The van der Waals surface area contributed by atoms with Gasteiger partial charge < -0.3 is 0 Å². The van der Waals surface area contributed by atoms with Crippen molar-refractivity contribution < 1.29 is 0 Å². The van der Waals surface area contributed by atoms with E-state index < -0.39 is 0 Å². The first-order valence-electron chi connectivity index (χ1n) is 5.74. The van der Waals surface area contributed by atoms with E-state index >= 15 is 0 Å². The third-order valence-electron chi connectivity index (χ3n) is 3.02. The first-order valence-corrected chi connectivity index (χ1v) is 13.7. The van der Waals surface area contributed by atoms with Crippen LogP contribution in [0.3, 0.4) is 0 Å². The highest BCUT2D eigenvalue weighted by Gasteiger charge is 2.25. The van der Waals surface area contributed by atoms with Gasteiger partial charge in [-0.1, -0.05) is 6.58 Å². The zero-order chi connectivity index (χ0) is 18.5. The van der Waals surface area contributed by atoms with Gasteiger partial charge in [0.05, 0.1) is 0 Å². The largest absolute Gasteiger partial charge is 0.0904 e. The van der Waals surface area contributed by atoms with Gasteiger partial charge >= 0.3 is 0 Å². The Kier molecular flexibility index (Phi) is 8.92. The quantitative estimate of drug-likeness (QED) is 0.208. The van der Waals surface area contributed by atoms with Gasteiger partial charge in [-0.15, -0.1) is 0 Å². The molecule has 0 aliphatic rings. The number of hydrogen-bond donors (Lipinski definition) is 0. The molecule has 0 fully saturated rings. The fourth-order valence-electron chi connectivity index (χ4n) is 1.86. The van der Waals surface area contributed by atoms with Crippen LogP contribution in [0, 0.1) is 0 Å². The van der Waals surface area contributed by atoms with Crippen LogP contribution < -0.4 is 0 Å². The maximum Gasteiger partial charge on any atom is 0.0482 e. The Hall–Kier alpha value is 2.98. The molecule has 2 rings (SSSR count). The Bertz CT molecular complexity index is 755. The minimum atomic E-state index is 0.829. The van der Waals surface area contributed by atoms with Gasteiger partial charge in [-0.2, -0.15) is 0 Å². The highest BCUT2D eigenvalue weighted by molar-refractivity contribution is 9.16. The second kappa shape index (κ2) is 9.20. The number of halogens is 10. The van der Waals surface area contributed by atoms with E-state index in [2.05, 4.69) is 166 Å². The van der Waals surface area contributed by atoms with Crippen molar-refractivity contribution in [3.05, 3.63) is 62.4 Å². The van der Waals surface area contributed by atoms with E-state index in [0.717, 1.165) is 61.4 Å². The molecule has 0 radical (unpaired) electrons. The molecule has 2 aromatic carbocycles. The lowest BCUT2D eigenvalue weighted by molar-refractivity contribution is 1.36. The Balaban J connectivity index is 2.87. The fourth-order valence-corrected chi connectivity index (χ4v) is 8.92. The summed E-state index contributed by atoms with van der Waals surface area (Å²) in [6.07, 6.45) is 0. The molecule has 0 amide bonds. The number of rotatable bonds is 2. The van der Waals surface area contributed by atoms with Crippen molar-refractivity contribution in [3.63, 3.8) is 0 Å². The van der Waals surface area contributed by atoms with Crippen molar-refractivity contribution in [2.75, 3.05) is 0 Å². The van der Waals surface area contributed by atoms with Crippen molar-refractivity contribution >= 4 is 165 Å². The minimum absolute atomic E-state index is 0.829. The molecule has 0 unspecified atom stereocenters. The SMILES string of the molecule is C=C(c1c(Br)c(Br)c(Br)c(Br)c1Br)c1c(Br)c(Br)c(Br)c(Br)c1Br. The Morgan fingerprint density at radius 1 is 0.375 bits per heavy atom. The van der Waals surface area contributed by atoms with E-state index in [0.29, 0.717) is 0 Å². The maximum absolute atomic E-state index is 4.33. The molecule has 10 heteroatoms. The summed E-state index contributed by atoms with van der Waals surface area (Å²) < 4.78 is 8.99. The second-order valence-corrected chi connectivity index (χ2v) is 12.3. The molecule has 0 heterocycles. The monoisotopic (exact) mass is 959 g/mol. The predicted octanol–water partition coefficient (Wildman–Crippen LogP) is 11.4. The summed E-state index contributed by atoms with van der Waals surface area (Å²) in [4.78, 5) is 0. The first-order chi connectivity index (χ1) is 11.0. The van der Waals surface area contributed by atoms with Crippen LogP contribution in [-0.2, 0) is 0 Å². The average molecular weight is 969 g/mol. The summed E-state index contributed by atoms with van der Waals surface area (Å²) >= 11 is 36.2. The zero-order valence-electron chi connectivity index (χ0n) is 11.0. The van der Waals surface area contributed by atoms with Crippen molar-refractivity contribution in [2.45, 2.75) is 0 Å². The standard InChI is InChI=1S/C14H2Br10/c1-2(3-5(15)9(19)13(23)10(20)6(3)16)4-7(17)11(21)14(24)12(22)8(4)18/h1H2. The van der Waals surface area contributed by atoms with Crippen LogP contribution in [0.4, 0.5) is 0 Å². The predicted molar refractivity (Wildman–Crippen MR) is 138 cm³/mol. The van der Waals surface area contributed by atoms with E-state index in [9.17, 15) is 0 Å². The van der Waals surface area contributed by atoms with E-state index in [-0.39, 0.29) is 0 Å². The van der Waals surface area contributed by atoms with E-state index in [4.69, 9.17) is 0 Å². The Labute approximate surface area is 223 Å². The van der Waals surface area contributed by atoms with Crippen LogP contribution in [0.5, 0.6) is 0 Å². The topological polar surface area (TPSA) is 0 Å². The molecule has 24 heavy (non-hydrogen) atoms. The average Bonchev–Trinajstić information content (AvgIpc) is 2.55. The van der Waals surface area contributed by atoms with Crippen LogP contribution in [0.15, 0.2) is 51.3 Å². The van der Waals surface area contributed by atoms with Gasteiger partial charge in [0.1, 0.15) is 0 Å². The molecule has 0 saturated carbocycles.